The zero-order valence-electron chi connectivity index (χ0n) is 17.0. The van der Waals surface area contributed by atoms with Crippen molar-refractivity contribution in [3.8, 4) is 27.8 Å². The quantitative estimate of drug-likeness (QED) is 0.609. The van der Waals surface area contributed by atoms with Crippen molar-refractivity contribution in [3.05, 3.63) is 47.5 Å². The first-order valence-corrected chi connectivity index (χ1v) is 9.83. The molecule has 0 spiro atoms. The number of carbonyl (C=O) groups is 1. The Morgan fingerprint density at radius 2 is 1.59 bits per heavy atom. The van der Waals surface area contributed by atoms with Crippen molar-refractivity contribution in [3.63, 3.8) is 0 Å². The summed E-state index contributed by atoms with van der Waals surface area (Å²) >= 11 is 1.31. The van der Waals surface area contributed by atoms with Crippen molar-refractivity contribution >= 4 is 22.4 Å². The third-order valence-corrected chi connectivity index (χ3v) is 5.28. The number of rotatable bonds is 7. The average molecular weight is 413 g/mol. The Morgan fingerprint density at radius 1 is 0.966 bits per heavy atom. The molecule has 0 radical (unpaired) electrons. The van der Waals surface area contributed by atoms with Gasteiger partial charge in [-0.1, -0.05) is 49.4 Å². The highest BCUT2D eigenvalue weighted by Gasteiger charge is 2.18. The van der Waals surface area contributed by atoms with Crippen LogP contribution in [0.15, 0.2) is 36.4 Å². The number of nitrogens with one attached hydrogen (secondary N) is 1. The summed E-state index contributed by atoms with van der Waals surface area (Å²) in [5.41, 5.74) is 2.58. The summed E-state index contributed by atoms with van der Waals surface area (Å²) in [6.07, 6.45) is 0. The standard InChI is InChI=1S/C21H23N3O4S/c1-12(2)13-6-8-14(9-7-13)20-23-24-21(29-20)22-19(25)15-10-16(26-3)18(28-5)17(11-15)27-4/h6-12H,1-5H3,(H,22,24,25). The van der Waals surface area contributed by atoms with Crippen molar-refractivity contribution in [2.75, 3.05) is 26.6 Å². The highest BCUT2D eigenvalue weighted by molar-refractivity contribution is 7.18. The number of amides is 1. The number of hydrogen-bond acceptors (Lipinski definition) is 7. The van der Waals surface area contributed by atoms with Crippen molar-refractivity contribution < 1.29 is 19.0 Å². The minimum absolute atomic E-state index is 0.345. The van der Waals surface area contributed by atoms with E-state index in [1.807, 2.05) is 12.1 Å². The Labute approximate surface area is 173 Å². The maximum Gasteiger partial charge on any atom is 0.257 e. The van der Waals surface area contributed by atoms with Gasteiger partial charge in [0.15, 0.2) is 11.5 Å². The van der Waals surface area contributed by atoms with E-state index >= 15 is 0 Å². The molecule has 0 saturated carbocycles. The molecule has 7 nitrogen and oxygen atoms in total. The molecule has 152 valence electrons. The lowest BCUT2D eigenvalue weighted by Gasteiger charge is -2.13. The Hall–Kier alpha value is -3.13. The van der Waals surface area contributed by atoms with Crippen LogP contribution in [-0.4, -0.2) is 37.4 Å². The van der Waals surface area contributed by atoms with Gasteiger partial charge in [-0.2, -0.15) is 0 Å². The third-order valence-electron chi connectivity index (χ3n) is 4.40. The van der Waals surface area contributed by atoms with Gasteiger partial charge < -0.3 is 14.2 Å². The van der Waals surface area contributed by atoms with E-state index in [4.69, 9.17) is 14.2 Å². The molecule has 1 amide bonds. The van der Waals surface area contributed by atoms with Gasteiger partial charge in [-0.3, -0.25) is 10.1 Å². The molecule has 0 bridgehead atoms. The lowest BCUT2D eigenvalue weighted by Crippen LogP contribution is -2.12. The highest BCUT2D eigenvalue weighted by Crippen LogP contribution is 2.38. The molecular formula is C21H23N3O4S. The van der Waals surface area contributed by atoms with Gasteiger partial charge in [0.1, 0.15) is 5.01 Å². The second-order valence-electron chi connectivity index (χ2n) is 6.56. The number of methoxy groups -OCH3 is 3. The Kier molecular flexibility index (Phi) is 6.33. The molecule has 1 aromatic heterocycles. The second kappa shape index (κ2) is 8.91. The molecule has 1 heterocycles. The number of hydrogen-bond donors (Lipinski definition) is 1. The largest absolute Gasteiger partial charge is 0.493 e. The number of carbonyl (C=O) groups excluding carboxylic acids is 1. The van der Waals surface area contributed by atoms with Crippen LogP contribution in [0.4, 0.5) is 5.13 Å². The number of nitrogens with zero attached hydrogens (tertiary/aromatic N) is 2. The average Bonchev–Trinajstić information content (AvgIpc) is 3.20. The van der Waals surface area contributed by atoms with Gasteiger partial charge in [-0.15, -0.1) is 10.2 Å². The van der Waals surface area contributed by atoms with Crippen LogP contribution in [0.25, 0.3) is 10.6 Å². The van der Waals surface area contributed by atoms with Gasteiger partial charge in [0, 0.05) is 11.1 Å². The summed E-state index contributed by atoms with van der Waals surface area (Å²) in [4.78, 5) is 12.7. The van der Waals surface area contributed by atoms with Gasteiger partial charge in [-0.05, 0) is 23.6 Å². The van der Waals surface area contributed by atoms with Gasteiger partial charge >= 0.3 is 0 Å². The van der Waals surface area contributed by atoms with Crippen LogP contribution in [0, 0.1) is 0 Å². The van der Waals surface area contributed by atoms with Crippen molar-refractivity contribution in [1.29, 1.82) is 0 Å². The normalized spacial score (nSPS) is 10.7. The molecule has 0 fully saturated rings. The molecule has 29 heavy (non-hydrogen) atoms. The molecule has 3 rings (SSSR count). The maximum atomic E-state index is 12.7. The Morgan fingerprint density at radius 3 is 2.10 bits per heavy atom. The van der Waals surface area contributed by atoms with Gasteiger partial charge in [-0.25, -0.2) is 0 Å². The van der Waals surface area contributed by atoms with Crippen LogP contribution in [0.2, 0.25) is 0 Å². The number of aromatic nitrogens is 2. The lowest BCUT2D eigenvalue weighted by atomic mass is 10.0. The highest BCUT2D eigenvalue weighted by atomic mass is 32.1. The maximum absolute atomic E-state index is 12.7. The molecular weight excluding hydrogens is 390 g/mol. The van der Waals surface area contributed by atoms with Crippen LogP contribution >= 0.6 is 11.3 Å². The predicted molar refractivity (Wildman–Crippen MR) is 113 cm³/mol. The van der Waals surface area contributed by atoms with E-state index in [1.54, 1.807) is 12.1 Å². The van der Waals surface area contributed by atoms with Gasteiger partial charge in [0.05, 0.1) is 21.3 Å². The topological polar surface area (TPSA) is 82.6 Å². The zero-order valence-corrected chi connectivity index (χ0v) is 17.8. The first-order valence-electron chi connectivity index (χ1n) is 9.02. The van der Waals surface area contributed by atoms with Crippen LogP contribution in [0.3, 0.4) is 0 Å². The Balaban J connectivity index is 1.80. The third kappa shape index (κ3) is 4.48. The minimum atomic E-state index is -0.345. The van der Waals surface area contributed by atoms with E-state index < -0.39 is 0 Å². The van der Waals surface area contributed by atoms with Crippen molar-refractivity contribution in [2.24, 2.45) is 0 Å². The molecule has 0 aliphatic carbocycles. The Bertz CT molecular complexity index is 974. The van der Waals surface area contributed by atoms with E-state index in [0.717, 1.165) is 10.6 Å². The predicted octanol–water partition coefficient (Wildman–Crippen LogP) is 4.61. The molecule has 2 aromatic carbocycles. The molecule has 3 aromatic rings. The SMILES string of the molecule is COc1cc(C(=O)Nc2nnc(-c3ccc(C(C)C)cc3)s2)cc(OC)c1OC. The van der Waals surface area contributed by atoms with E-state index in [9.17, 15) is 4.79 Å². The summed E-state index contributed by atoms with van der Waals surface area (Å²) in [6, 6.07) is 11.4. The van der Waals surface area contributed by atoms with E-state index in [-0.39, 0.29) is 5.91 Å². The number of anilines is 1. The summed E-state index contributed by atoms with van der Waals surface area (Å²) in [6.45, 7) is 4.30. The van der Waals surface area contributed by atoms with E-state index in [2.05, 4.69) is 41.5 Å². The first kappa shape index (κ1) is 20.6. The summed E-state index contributed by atoms with van der Waals surface area (Å²) in [5, 5.41) is 12.2. The van der Waals surface area contributed by atoms with Gasteiger partial charge in [0.25, 0.3) is 5.91 Å². The van der Waals surface area contributed by atoms with Crippen LogP contribution < -0.4 is 19.5 Å². The molecule has 0 aliphatic heterocycles. The molecule has 0 saturated heterocycles. The fraction of sp³-hybridized carbons (Fsp3) is 0.286. The molecule has 1 N–H and O–H groups in total. The molecule has 0 aliphatic rings. The minimum Gasteiger partial charge on any atom is -0.493 e. The zero-order chi connectivity index (χ0) is 21.0. The van der Waals surface area contributed by atoms with Crippen LogP contribution in [0.5, 0.6) is 17.2 Å². The summed E-state index contributed by atoms with van der Waals surface area (Å²) < 4.78 is 15.9. The van der Waals surface area contributed by atoms with Crippen molar-refractivity contribution in [1.82, 2.24) is 10.2 Å². The smallest absolute Gasteiger partial charge is 0.257 e. The monoisotopic (exact) mass is 413 g/mol. The van der Waals surface area contributed by atoms with E-state index in [0.29, 0.717) is 33.9 Å². The van der Waals surface area contributed by atoms with E-state index in [1.165, 1.54) is 38.2 Å². The fourth-order valence-electron chi connectivity index (χ4n) is 2.78. The molecule has 0 unspecified atom stereocenters. The van der Waals surface area contributed by atoms with Crippen molar-refractivity contribution in [2.45, 2.75) is 19.8 Å². The van der Waals surface area contributed by atoms with Crippen LogP contribution in [-0.2, 0) is 0 Å². The molecule has 8 heteroatoms. The second-order valence-corrected chi connectivity index (χ2v) is 7.53. The van der Waals surface area contributed by atoms with Crippen LogP contribution in [0.1, 0.15) is 35.7 Å². The van der Waals surface area contributed by atoms with Gasteiger partial charge in [0.2, 0.25) is 10.9 Å². The lowest BCUT2D eigenvalue weighted by molar-refractivity contribution is 0.102. The number of benzene rings is 2. The number of ether oxygens (including phenoxy) is 3. The molecule has 0 atom stereocenters. The fourth-order valence-corrected chi connectivity index (χ4v) is 3.53. The summed E-state index contributed by atoms with van der Waals surface area (Å²) in [7, 11) is 4.51. The summed E-state index contributed by atoms with van der Waals surface area (Å²) in [5.74, 6) is 1.35. The first-order chi connectivity index (χ1) is 14.0.